The van der Waals surface area contributed by atoms with Crippen LogP contribution in [-0.2, 0) is 7.05 Å². The van der Waals surface area contributed by atoms with Crippen molar-refractivity contribution in [1.82, 2.24) is 25.0 Å². The minimum absolute atomic E-state index is 0.0614. The van der Waals surface area contributed by atoms with E-state index >= 15 is 0 Å². The number of carbonyl (C=O) groups excluding carboxylic acids is 1. The average Bonchev–Trinajstić information content (AvgIpc) is 2.65. The molecule has 3 heterocycles. The molecular weight excluding hydrogens is 254 g/mol. The van der Waals surface area contributed by atoms with E-state index in [-0.39, 0.29) is 5.91 Å². The molecule has 0 aliphatic carbocycles. The molecule has 6 heteroatoms. The molecule has 0 saturated carbocycles. The molecule has 0 atom stereocenters. The predicted octanol–water partition coefficient (Wildman–Crippen LogP) is 0.712. The zero-order chi connectivity index (χ0) is 14.1. The average molecular weight is 273 g/mol. The van der Waals surface area contributed by atoms with Gasteiger partial charge in [0.15, 0.2) is 5.65 Å². The van der Waals surface area contributed by atoms with Crippen LogP contribution in [0.15, 0.2) is 12.3 Å². The lowest BCUT2D eigenvalue weighted by atomic mass is 10.2. The zero-order valence-corrected chi connectivity index (χ0v) is 11.9. The molecule has 1 saturated heterocycles. The number of aryl methyl sites for hydroxylation is 2. The van der Waals surface area contributed by atoms with Crippen molar-refractivity contribution in [3.05, 3.63) is 23.5 Å². The van der Waals surface area contributed by atoms with Gasteiger partial charge in [-0.1, -0.05) is 0 Å². The molecule has 1 amide bonds. The summed E-state index contributed by atoms with van der Waals surface area (Å²) in [5.41, 5.74) is 2.37. The lowest BCUT2D eigenvalue weighted by molar-refractivity contribution is 0.0766. The summed E-state index contributed by atoms with van der Waals surface area (Å²) in [6, 6.07) is 1.91. The van der Waals surface area contributed by atoms with Gasteiger partial charge >= 0.3 is 0 Å². The predicted molar refractivity (Wildman–Crippen MR) is 76.6 cm³/mol. The van der Waals surface area contributed by atoms with E-state index < -0.39 is 0 Å². The summed E-state index contributed by atoms with van der Waals surface area (Å²) in [6.07, 6.45) is 2.65. The van der Waals surface area contributed by atoms with Crippen LogP contribution in [0.2, 0.25) is 0 Å². The molecule has 2 aromatic heterocycles. The standard InChI is InChI=1S/C14H19N5O/c1-10-12-8-11(9-16-13(12)18(2)17-10)14(20)19-6-3-4-15-5-7-19/h8-9,15H,3-7H2,1-2H3. The number of carbonyl (C=O) groups is 1. The van der Waals surface area contributed by atoms with Crippen molar-refractivity contribution in [1.29, 1.82) is 0 Å². The number of nitrogens with zero attached hydrogens (tertiary/aromatic N) is 4. The summed E-state index contributed by atoms with van der Waals surface area (Å²) in [4.78, 5) is 18.8. The number of pyridine rings is 1. The molecule has 0 bridgehead atoms. The van der Waals surface area contributed by atoms with Gasteiger partial charge in [-0.2, -0.15) is 5.10 Å². The molecule has 20 heavy (non-hydrogen) atoms. The van der Waals surface area contributed by atoms with Crippen molar-refractivity contribution in [3.8, 4) is 0 Å². The summed E-state index contributed by atoms with van der Waals surface area (Å²) in [7, 11) is 1.87. The van der Waals surface area contributed by atoms with E-state index in [4.69, 9.17) is 0 Å². The van der Waals surface area contributed by atoms with E-state index in [0.29, 0.717) is 5.56 Å². The first-order chi connectivity index (χ1) is 9.66. The Bertz CT molecular complexity index is 640. The van der Waals surface area contributed by atoms with Gasteiger partial charge in [-0.25, -0.2) is 4.98 Å². The quantitative estimate of drug-likeness (QED) is 0.831. The second kappa shape index (κ2) is 5.20. The fourth-order valence-corrected chi connectivity index (χ4v) is 2.66. The Balaban J connectivity index is 1.92. The lowest BCUT2D eigenvalue weighted by Crippen LogP contribution is -2.34. The van der Waals surface area contributed by atoms with Gasteiger partial charge in [0, 0.05) is 38.3 Å². The van der Waals surface area contributed by atoms with E-state index in [1.165, 1.54) is 0 Å². The smallest absolute Gasteiger partial charge is 0.255 e. The van der Waals surface area contributed by atoms with Crippen molar-refractivity contribution in [3.63, 3.8) is 0 Å². The summed E-state index contributed by atoms with van der Waals surface area (Å²) in [5, 5.41) is 8.59. The minimum Gasteiger partial charge on any atom is -0.337 e. The Morgan fingerprint density at radius 2 is 2.20 bits per heavy atom. The maximum absolute atomic E-state index is 12.5. The molecule has 0 radical (unpaired) electrons. The molecule has 6 nitrogen and oxygen atoms in total. The zero-order valence-electron chi connectivity index (χ0n) is 11.9. The number of amides is 1. The summed E-state index contributed by atoms with van der Waals surface area (Å²) < 4.78 is 1.74. The van der Waals surface area contributed by atoms with Crippen molar-refractivity contribution in [2.24, 2.45) is 7.05 Å². The fourth-order valence-electron chi connectivity index (χ4n) is 2.66. The second-order valence-corrected chi connectivity index (χ2v) is 5.20. The van der Waals surface area contributed by atoms with Crippen LogP contribution in [0.4, 0.5) is 0 Å². The Hall–Kier alpha value is -1.95. The highest BCUT2D eigenvalue weighted by Gasteiger charge is 2.18. The van der Waals surface area contributed by atoms with E-state index in [9.17, 15) is 4.79 Å². The van der Waals surface area contributed by atoms with Crippen molar-refractivity contribution in [2.75, 3.05) is 26.2 Å². The third kappa shape index (κ3) is 2.27. The highest BCUT2D eigenvalue weighted by atomic mass is 16.2. The highest BCUT2D eigenvalue weighted by Crippen LogP contribution is 2.17. The Morgan fingerprint density at radius 1 is 1.35 bits per heavy atom. The molecular formula is C14H19N5O. The second-order valence-electron chi connectivity index (χ2n) is 5.20. The maximum atomic E-state index is 12.5. The van der Waals surface area contributed by atoms with Crippen LogP contribution in [0.1, 0.15) is 22.5 Å². The Kier molecular flexibility index (Phi) is 3.40. The normalized spacial score (nSPS) is 16.4. The van der Waals surface area contributed by atoms with Gasteiger partial charge in [-0.05, 0) is 26.0 Å². The van der Waals surface area contributed by atoms with Crippen molar-refractivity contribution >= 4 is 16.9 Å². The molecule has 3 rings (SSSR count). The monoisotopic (exact) mass is 273 g/mol. The van der Waals surface area contributed by atoms with Gasteiger partial charge in [0.2, 0.25) is 0 Å². The Morgan fingerprint density at radius 3 is 3.05 bits per heavy atom. The highest BCUT2D eigenvalue weighted by molar-refractivity contribution is 5.97. The number of nitrogens with one attached hydrogen (secondary N) is 1. The van der Waals surface area contributed by atoms with Gasteiger partial charge in [-0.3, -0.25) is 9.48 Å². The maximum Gasteiger partial charge on any atom is 0.255 e. The third-order valence-corrected chi connectivity index (χ3v) is 3.74. The van der Waals surface area contributed by atoms with Gasteiger partial charge in [0.25, 0.3) is 5.91 Å². The molecule has 2 aromatic rings. The largest absolute Gasteiger partial charge is 0.337 e. The van der Waals surface area contributed by atoms with Crippen molar-refractivity contribution in [2.45, 2.75) is 13.3 Å². The summed E-state index contributed by atoms with van der Waals surface area (Å²) >= 11 is 0. The topological polar surface area (TPSA) is 63.1 Å². The molecule has 0 unspecified atom stereocenters. The molecule has 1 N–H and O–H groups in total. The fraction of sp³-hybridized carbons (Fsp3) is 0.500. The number of rotatable bonds is 1. The van der Waals surface area contributed by atoms with E-state index in [2.05, 4.69) is 15.4 Å². The van der Waals surface area contributed by atoms with Crippen LogP contribution in [0.5, 0.6) is 0 Å². The van der Waals surface area contributed by atoms with Crippen LogP contribution >= 0.6 is 0 Å². The molecule has 106 valence electrons. The van der Waals surface area contributed by atoms with Crippen LogP contribution in [0.25, 0.3) is 11.0 Å². The van der Waals surface area contributed by atoms with Gasteiger partial charge in [0.1, 0.15) is 0 Å². The SMILES string of the molecule is Cc1nn(C)c2ncc(C(=O)N3CCCNCC3)cc12. The molecule has 0 spiro atoms. The number of fused-ring (bicyclic) bond motifs is 1. The van der Waals surface area contributed by atoms with Crippen LogP contribution < -0.4 is 5.32 Å². The van der Waals surface area contributed by atoms with E-state index in [1.54, 1.807) is 10.9 Å². The minimum atomic E-state index is 0.0614. The van der Waals surface area contributed by atoms with Gasteiger partial charge in [0.05, 0.1) is 11.3 Å². The molecule has 0 aromatic carbocycles. The first kappa shape index (κ1) is 13.1. The Labute approximate surface area is 117 Å². The first-order valence-electron chi connectivity index (χ1n) is 6.96. The third-order valence-electron chi connectivity index (χ3n) is 3.74. The van der Waals surface area contributed by atoms with E-state index in [1.807, 2.05) is 24.9 Å². The lowest BCUT2D eigenvalue weighted by Gasteiger charge is -2.19. The number of aromatic nitrogens is 3. The summed E-state index contributed by atoms with van der Waals surface area (Å²) in [5.74, 6) is 0.0614. The first-order valence-corrected chi connectivity index (χ1v) is 6.96. The number of hydrogen-bond donors (Lipinski definition) is 1. The van der Waals surface area contributed by atoms with Gasteiger partial charge in [-0.15, -0.1) is 0 Å². The molecule has 1 aliphatic rings. The van der Waals surface area contributed by atoms with Crippen molar-refractivity contribution < 1.29 is 4.79 Å². The van der Waals surface area contributed by atoms with E-state index in [0.717, 1.165) is 49.3 Å². The molecule has 1 fully saturated rings. The van der Waals surface area contributed by atoms with Crippen LogP contribution in [0.3, 0.4) is 0 Å². The molecule has 1 aliphatic heterocycles. The summed E-state index contributed by atoms with van der Waals surface area (Å²) in [6.45, 7) is 5.32. The van der Waals surface area contributed by atoms with Gasteiger partial charge < -0.3 is 10.2 Å². The van der Waals surface area contributed by atoms with Crippen LogP contribution in [-0.4, -0.2) is 51.8 Å². The number of hydrogen-bond acceptors (Lipinski definition) is 4. The van der Waals surface area contributed by atoms with Crippen LogP contribution in [0, 0.1) is 6.92 Å².